The minimum atomic E-state index is 0.376. The molecular weight excluding hydrogens is 320 g/mol. The van der Waals surface area contributed by atoms with Gasteiger partial charge in [0.25, 0.3) is 0 Å². The lowest BCUT2D eigenvalue weighted by Gasteiger charge is -2.18. The molecule has 1 fully saturated rings. The van der Waals surface area contributed by atoms with Gasteiger partial charge < -0.3 is 15.4 Å². The zero-order chi connectivity index (χ0) is 14.4. The van der Waals surface area contributed by atoms with Gasteiger partial charge in [0, 0.05) is 31.8 Å². The summed E-state index contributed by atoms with van der Waals surface area (Å²) in [7, 11) is 0. The summed E-state index contributed by atoms with van der Waals surface area (Å²) in [5, 5.41) is 6.62. The topological polar surface area (TPSA) is 59.1 Å². The molecule has 0 aromatic carbocycles. The number of nitrogens with one attached hydrogen (secondary N) is 2. The van der Waals surface area contributed by atoms with Gasteiger partial charge in [-0.25, -0.2) is 4.98 Å². The summed E-state index contributed by atoms with van der Waals surface area (Å²) in [4.78, 5) is 8.75. The number of rotatable bonds is 7. The first-order valence-electron chi connectivity index (χ1n) is 7.36. The Bertz CT molecular complexity index is 430. The molecule has 1 aliphatic heterocycles. The van der Waals surface area contributed by atoms with Crippen molar-refractivity contribution in [1.29, 1.82) is 0 Å². The van der Waals surface area contributed by atoms with Crippen LogP contribution in [0.25, 0.3) is 0 Å². The third-order valence-electron chi connectivity index (χ3n) is 3.56. The van der Waals surface area contributed by atoms with E-state index in [0.29, 0.717) is 18.0 Å². The molecule has 0 amide bonds. The molecule has 20 heavy (non-hydrogen) atoms. The van der Waals surface area contributed by atoms with Gasteiger partial charge in [-0.3, -0.25) is 0 Å². The minimum absolute atomic E-state index is 0.376. The van der Waals surface area contributed by atoms with Crippen molar-refractivity contribution in [3.05, 3.63) is 10.7 Å². The second kappa shape index (κ2) is 7.78. The fourth-order valence-corrected chi connectivity index (χ4v) is 2.75. The van der Waals surface area contributed by atoms with E-state index >= 15 is 0 Å². The largest absolute Gasteiger partial charge is 0.378 e. The SMILES string of the molecule is CCCNc1ncc(Br)c(NCC2CCOC2CC)n1. The van der Waals surface area contributed by atoms with Crippen molar-refractivity contribution in [3.63, 3.8) is 0 Å². The highest BCUT2D eigenvalue weighted by atomic mass is 79.9. The number of nitrogens with zero attached hydrogens (tertiary/aromatic N) is 2. The van der Waals surface area contributed by atoms with Gasteiger partial charge in [0.2, 0.25) is 5.95 Å². The lowest BCUT2D eigenvalue weighted by molar-refractivity contribution is 0.0900. The molecule has 0 aliphatic carbocycles. The summed E-state index contributed by atoms with van der Waals surface area (Å²) < 4.78 is 6.61. The highest BCUT2D eigenvalue weighted by molar-refractivity contribution is 9.10. The standard InChI is InChI=1S/C14H23BrN4O/c1-3-6-16-14-18-9-11(15)13(19-14)17-8-10-5-7-20-12(10)4-2/h9-10,12H,3-8H2,1-2H3,(H2,16,17,18,19). The predicted octanol–water partition coefficient (Wildman–Crippen LogP) is 3.29. The van der Waals surface area contributed by atoms with Crippen LogP contribution < -0.4 is 10.6 Å². The average molecular weight is 343 g/mol. The quantitative estimate of drug-likeness (QED) is 0.796. The van der Waals surface area contributed by atoms with Crippen molar-refractivity contribution >= 4 is 27.7 Å². The Kier molecular flexibility index (Phi) is 6.04. The van der Waals surface area contributed by atoms with Gasteiger partial charge in [-0.1, -0.05) is 13.8 Å². The van der Waals surface area contributed by atoms with E-state index in [-0.39, 0.29) is 0 Å². The first-order chi connectivity index (χ1) is 9.74. The van der Waals surface area contributed by atoms with Crippen LogP contribution in [0.15, 0.2) is 10.7 Å². The molecule has 0 bridgehead atoms. The zero-order valence-corrected chi connectivity index (χ0v) is 13.7. The molecule has 1 aliphatic rings. The summed E-state index contributed by atoms with van der Waals surface area (Å²) in [6.07, 6.45) is 5.41. The van der Waals surface area contributed by atoms with E-state index in [9.17, 15) is 0 Å². The monoisotopic (exact) mass is 342 g/mol. The first kappa shape index (κ1) is 15.5. The van der Waals surface area contributed by atoms with Gasteiger partial charge in [0.05, 0.1) is 10.6 Å². The van der Waals surface area contributed by atoms with Crippen molar-refractivity contribution in [2.75, 3.05) is 30.3 Å². The lowest BCUT2D eigenvalue weighted by Crippen LogP contribution is -2.23. The average Bonchev–Trinajstić information content (AvgIpc) is 2.92. The molecule has 1 aromatic heterocycles. The van der Waals surface area contributed by atoms with E-state index in [1.165, 1.54) is 0 Å². The Balaban J connectivity index is 1.94. The molecule has 2 unspecified atom stereocenters. The molecule has 0 radical (unpaired) electrons. The van der Waals surface area contributed by atoms with Gasteiger partial charge >= 0.3 is 0 Å². The molecule has 5 nitrogen and oxygen atoms in total. The van der Waals surface area contributed by atoms with Crippen molar-refractivity contribution in [2.24, 2.45) is 5.92 Å². The lowest BCUT2D eigenvalue weighted by atomic mass is 10.00. The molecule has 6 heteroatoms. The summed E-state index contributed by atoms with van der Waals surface area (Å²) in [5.41, 5.74) is 0. The second-order valence-corrected chi connectivity index (χ2v) is 5.92. The highest BCUT2D eigenvalue weighted by Gasteiger charge is 2.26. The molecule has 2 N–H and O–H groups in total. The van der Waals surface area contributed by atoms with E-state index in [2.05, 4.69) is 50.4 Å². The summed E-state index contributed by atoms with van der Waals surface area (Å²) >= 11 is 3.49. The van der Waals surface area contributed by atoms with Crippen LogP contribution in [0.1, 0.15) is 33.1 Å². The maximum absolute atomic E-state index is 5.71. The molecule has 2 atom stereocenters. The molecule has 2 rings (SSSR count). The smallest absolute Gasteiger partial charge is 0.224 e. The summed E-state index contributed by atoms with van der Waals surface area (Å²) in [5.74, 6) is 2.08. The Labute approximate surface area is 129 Å². The fraction of sp³-hybridized carbons (Fsp3) is 0.714. The van der Waals surface area contributed by atoms with E-state index < -0.39 is 0 Å². The molecule has 0 spiro atoms. The van der Waals surface area contributed by atoms with Crippen molar-refractivity contribution in [2.45, 2.75) is 39.2 Å². The third-order valence-corrected chi connectivity index (χ3v) is 4.14. The van der Waals surface area contributed by atoms with Crippen LogP contribution in [0.5, 0.6) is 0 Å². The van der Waals surface area contributed by atoms with Crippen molar-refractivity contribution in [1.82, 2.24) is 9.97 Å². The van der Waals surface area contributed by atoms with E-state index in [0.717, 1.165) is 49.2 Å². The van der Waals surface area contributed by atoms with E-state index in [4.69, 9.17) is 4.74 Å². The van der Waals surface area contributed by atoms with Crippen LogP contribution in [0.3, 0.4) is 0 Å². The van der Waals surface area contributed by atoms with Crippen LogP contribution >= 0.6 is 15.9 Å². The Morgan fingerprint density at radius 1 is 1.40 bits per heavy atom. The normalized spacial score (nSPS) is 21.9. The minimum Gasteiger partial charge on any atom is -0.378 e. The molecule has 2 heterocycles. The van der Waals surface area contributed by atoms with Crippen molar-refractivity contribution < 1.29 is 4.74 Å². The van der Waals surface area contributed by atoms with E-state index in [1.54, 1.807) is 6.20 Å². The van der Waals surface area contributed by atoms with Crippen LogP contribution in [-0.2, 0) is 4.74 Å². The van der Waals surface area contributed by atoms with Gasteiger partial charge in [-0.2, -0.15) is 4.98 Å². The molecule has 1 saturated heterocycles. The fourth-order valence-electron chi connectivity index (χ4n) is 2.42. The van der Waals surface area contributed by atoms with Gasteiger partial charge in [-0.15, -0.1) is 0 Å². The number of hydrogen-bond acceptors (Lipinski definition) is 5. The molecular formula is C14H23BrN4O. The predicted molar refractivity (Wildman–Crippen MR) is 85.1 cm³/mol. The number of anilines is 2. The number of halogens is 1. The van der Waals surface area contributed by atoms with Crippen LogP contribution in [0.2, 0.25) is 0 Å². The molecule has 0 saturated carbocycles. The van der Waals surface area contributed by atoms with Crippen LogP contribution in [0, 0.1) is 5.92 Å². The second-order valence-electron chi connectivity index (χ2n) is 5.06. The maximum Gasteiger partial charge on any atom is 0.224 e. The zero-order valence-electron chi connectivity index (χ0n) is 12.2. The van der Waals surface area contributed by atoms with E-state index in [1.807, 2.05) is 0 Å². The summed E-state index contributed by atoms with van der Waals surface area (Å²) in [6, 6.07) is 0. The maximum atomic E-state index is 5.71. The Morgan fingerprint density at radius 2 is 2.25 bits per heavy atom. The van der Waals surface area contributed by atoms with Crippen LogP contribution in [-0.4, -0.2) is 35.8 Å². The third kappa shape index (κ3) is 4.06. The Morgan fingerprint density at radius 3 is 3.00 bits per heavy atom. The van der Waals surface area contributed by atoms with Crippen LogP contribution in [0.4, 0.5) is 11.8 Å². The number of hydrogen-bond donors (Lipinski definition) is 2. The number of ether oxygens (including phenoxy) is 1. The highest BCUT2D eigenvalue weighted by Crippen LogP contribution is 2.25. The molecule has 112 valence electrons. The Hall–Kier alpha value is -0.880. The number of aromatic nitrogens is 2. The summed E-state index contributed by atoms with van der Waals surface area (Å²) in [6.45, 7) is 6.95. The molecule has 1 aromatic rings. The van der Waals surface area contributed by atoms with Gasteiger partial charge in [0.15, 0.2) is 0 Å². The first-order valence-corrected chi connectivity index (χ1v) is 8.15. The van der Waals surface area contributed by atoms with Crippen molar-refractivity contribution in [3.8, 4) is 0 Å². The van der Waals surface area contributed by atoms with Gasteiger partial charge in [-0.05, 0) is 35.2 Å². The van der Waals surface area contributed by atoms with Gasteiger partial charge in [0.1, 0.15) is 5.82 Å².